The number of alkyl carbamates (subject to hydrolysis) is 1. The lowest BCUT2D eigenvalue weighted by Gasteiger charge is -2.20. The van der Waals surface area contributed by atoms with Gasteiger partial charge in [0.15, 0.2) is 0 Å². The molecule has 214 valence electrons. The monoisotopic (exact) mass is 563 g/mol. The van der Waals surface area contributed by atoms with Gasteiger partial charge < -0.3 is 24.9 Å². The summed E-state index contributed by atoms with van der Waals surface area (Å²) in [6, 6.07) is 14.3. The number of imide groups is 1. The molecule has 0 bridgehead atoms. The van der Waals surface area contributed by atoms with Crippen molar-refractivity contribution in [1.82, 2.24) is 15.7 Å². The van der Waals surface area contributed by atoms with Crippen molar-refractivity contribution in [3.8, 4) is 11.1 Å². The number of carbonyl (C=O) groups is 6. The number of hydrogen-bond donors (Lipinski definition) is 2. The molecule has 12 nitrogen and oxygen atoms in total. The van der Waals surface area contributed by atoms with E-state index >= 15 is 0 Å². The van der Waals surface area contributed by atoms with E-state index in [1.807, 2.05) is 48.5 Å². The van der Waals surface area contributed by atoms with Crippen LogP contribution in [0, 0.1) is 0 Å². The largest absolute Gasteiger partial charge is 0.461 e. The first kappa shape index (κ1) is 29.0. The molecule has 41 heavy (non-hydrogen) atoms. The van der Waals surface area contributed by atoms with E-state index in [2.05, 4.69) is 17.2 Å². The number of nitrogens with one attached hydrogen (secondary N) is 2. The minimum absolute atomic E-state index is 0.0405. The zero-order chi connectivity index (χ0) is 29.4. The van der Waals surface area contributed by atoms with E-state index < -0.39 is 48.3 Å². The summed E-state index contributed by atoms with van der Waals surface area (Å²) in [5.41, 5.74) is 4.20. The summed E-state index contributed by atoms with van der Waals surface area (Å²) in [6.07, 6.45) is -0.229. The molecule has 1 fully saturated rings. The molecule has 1 atom stereocenters. The Labute approximate surface area is 235 Å². The standard InChI is InChI=1S/C29H29N3O9/c1-2-15-39-27(36)14-11-23(28(37)41-32-25(34)12-13-26(32)35)31-24(33)16-30-29(38)40-17-22-20-9-5-3-7-18(20)19-8-4-6-10-21(19)22/h2-10,22-23H,1,11-17H2,(H,30,38)(H,31,33)/t23-/m0/s1. The van der Waals surface area contributed by atoms with Gasteiger partial charge in [-0.1, -0.05) is 61.2 Å². The molecule has 0 aromatic heterocycles. The number of carbonyl (C=O) groups excluding carboxylic acids is 6. The summed E-state index contributed by atoms with van der Waals surface area (Å²) >= 11 is 0. The van der Waals surface area contributed by atoms with E-state index in [1.54, 1.807) is 0 Å². The zero-order valence-corrected chi connectivity index (χ0v) is 22.1. The summed E-state index contributed by atoms with van der Waals surface area (Å²) < 4.78 is 10.3. The van der Waals surface area contributed by atoms with Gasteiger partial charge in [-0.15, -0.1) is 5.06 Å². The van der Waals surface area contributed by atoms with Crippen molar-refractivity contribution in [2.24, 2.45) is 0 Å². The van der Waals surface area contributed by atoms with Crippen LogP contribution in [0.5, 0.6) is 0 Å². The summed E-state index contributed by atoms with van der Waals surface area (Å²) in [7, 11) is 0. The van der Waals surface area contributed by atoms with Crippen LogP contribution in [-0.4, -0.2) is 66.6 Å². The van der Waals surface area contributed by atoms with Gasteiger partial charge in [-0.05, 0) is 28.7 Å². The number of esters is 1. The molecule has 4 amide bonds. The highest BCUT2D eigenvalue weighted by Crippen LogP contribution is 2.44. The minimum Gasteiger partial charge on any atom is -0.461 e. The summed E-state index contributed by atoms with van der Waals surface area (Å²) in [4.78, 5) is 78.1. The van der Waals surface area contributed by atoms with E-state index in [1.165, 1.54) is 6.08 Å². The van der Waals surface area contributed by atoms with Crippen LogP contribution in [0.3, 0.4) is 0 Å². The highest BCUT2D eigenvalue weighted by Gasteiger charge is 2.35. The summed E-state index contributed by atoms with van der Waals surface area (Å²) in [5.74, 6) is -4.15. The molecule has 2 N–H and O–H groups in total. The Morgan fingerprint density at radius 1 is 0.951 bits per heavy atom. The average molecular weight is 564 g/mol. The quantitative estimate of drug-likeness (QED) is 0.224. The van der Waals surface area contributed by atoms with Gasteiger partial charge in [0.1, 0.15) is 25.8 Å². The van der Waals surface area contributed by atoms with Crippen LogP contribution < -0.4 is 10.6 Å². The second-order valence-electron chi connectivity index (χ2n) is 9.30. The number of benzene rings is 2. The molecule has 1 aliphatic heterocycles. The van der Waals surface area contributed by atoms with Gasteiger partial charge in [0.05, 0.1) is 0 Å². The van der Waals surface area contributed by atoms with Crippen LogP contribution in [0.15, 0.2) is 61.2 Å². The fourth-order valence-corrected chi connectivity index (χ4v) is 4.59. The lowest BCUT2D eigenvalue weighted by Crippen LogP contribution is -2.48. The Bertz CT molecular complexity index is 1310. The van der Waals surface area contributed by atoms with Crippen LogP contribution in [0.4, 0.5) is 4.79 Å². The maximum atomic E-state index is 12.7. The predicted molar refractivity (Wildman–Crippen MR) is 143 cm³/mol. The lowest BCUT2D eigenvalue weighted by atomic mass is 9.98. The van der Waals surface area contributed by atoms with Crippen LogP contribution >= 0.6 is 0 Å². The number of ether oxygens (including phenoxy) is 2. The maximum absolute atomic E-state index is 12.7. The van der Waals surface area contributed by atoms with E-state index in [4.69, 9.17) is 14.3 Å². The first-order chi connectivity index (χ1) is 19.8. The van der Waals surface area contributed by atoms with E-state index in [-0.39, 0.29) is 44.8 Å². The van der Waals surface area contributed by atoms with Crippen LogP contribution in [0.25, 0.3) is 11.1 Å². The molecule has 2 aliphatic rings. The zero-order valence-electron chi connectivity index (χ0n) is 22.1. The molecule has 0 radical (unpaired) electrons. The highest BCUT2D eigenvalue weighted by atomic mass is 16.7. The highest BCUT2D eigenvalue weighted by molar-refractivity contribution is 6.02. The molecule has 2 aromatic rings. The number of rotatable bonds is 12. The second-order valence-corrected chi connectivity index (χ2v) is 9.30. The molecule has 2 aromatic carbocycles. The molecule has 1 aliphatic carbocycles. The molecule has 0 unspecified atom stereocenters. The fourth-order valence-electron chi connectivity index (χ4n) is 4.59. The van der Waals surface area contributed by atoms with Crippen molar-refractivity contribution in [3.63, 3.8) is 0 Å². The molecule has 0 saturated carbocycles. The predicted octanol–water partition coefficient (Wildman–Crippen LogP) is 2.13. The van der Waals surface area contributed by atoms with Crippen molar-refractivity contribution in [1.29, 1.82) is 0 Å². The molecule has 0 spiro atoms. The molecule has 1 heterocycles. The van der Waals surface area contributed by atoms with Crippen LogP contribution in [-0.2, 0) is 38.3 Å². The van der Waals surface area contributed by atoms with Crippen molar-refractivity contribution >= 4 is 35.8 Å². The number of amides is 4. The summed E-state index contributed by atoms with van der Waals surface area (Å²) in [5, 5.41) is 5.02. The maximum Gasteiger partial charge on any atom is 0.407 e. The number of hydrogen-bond acceptors (Lipinski definition) is 9. The Kier molecular flexibility index (Phi) is 9.46. The van der Waals surface area contributed by atoms with E-state index in [9.17, 15) is 28.8 Å². The SMILES string of the molecule is C=CCOC(=O)CC[C@H](NC(=O)CNC(=O)OCC1c2ccccc2-c2ccccc21)C(=O)ON1C(=O)CCC1=O. The molecule has 12 heteroatoms. The molecular weight excluding hydrogens is 534 g/mol. The average Bonchev–Trinajstić information content (AvgIpc) is 3.47. The molecule has 4 rings (SSSR count). The fraction of sp³-hybridized carbons (Fsp3) is 0.310. The molecular formula is C29H29N3O9. The lowest BCUT2D eigenvalue weighted by molar-refractivity contribution is -0.199. The van der Waals surface area contributed by atoms with Crippen LogP contribution in [0.1, 0.15) is 42.7 Å². The number of nitrogens with zero attached hydrogens (tertiary/aromatic N) is 1. The van der Waals surface area contributed by atoms with Crippen molar-refractivity contribution < 1.29 is 43.1 Å². The third kappa shape index (κ3) is 7.15. The normalized spacial score (nSPS) is 14.5. The van der Waals surface area contributed by atoms with Crippen LogP contribution in [0.2, 0.25) is 0 Å². The summed E-state index contributed by atoms with van der Waals surface area (Å²) in [6.45, 7) is 2.88. The Balaban J connectivity index is 1.30. The first-order valence-corrected chi connectivity index (χ1v) is 13.0. The van der Waals surface area contributed by atoms with Gasteiger partial charge in [-0.3, -0.25) is 19.2 Å². The van der Waals surface area contributed by atoms with E-state index in [0.29, 0.717) is 5.06 Å². The minimum atomic E-state index is -1.41. The van der Waals surface area contributed by atoms with Crippen molar-refractivity contribution in [3.05, 3.63) is 72.3 Å². The van der Waals surface area contributed by atoms with Gasteiger partial charge in [-0.25, -0.2) is 9.59 Å². The van der Waals surface area contributed by atoms with Crippen molar-refractivity contribution in [2.45, 2.75) is 37.6 Å². The number of fused-ring (bicyclic) bond motifs is 3. The first-order valence-electron chi connectivity index (χ1n) is 13.0. The van der Waals surface area contributed by atoms with Crippen molar-refractivity contribution in [2.75, 3.05) is 19.8 Å². The Morgan fingerprint density at radius 3 is 2.17 bits per heavy atom. The van der Waals surface area contributed by atoms with Gasteiger partial charge in [0.2, 0.25) is 5.91 Å². The van der Waals surface area contributed by atoms with Gasteiger partial charge >= 0.3 is 18.0 Å². The Morgan fingerprint density at radius 2 is 1.56 bits per heavy atom. The third-order valence-electron chi connectivity index (χ3n) is 6.54. The molecule has 1 saturated heterocycles. The van der Waals surface area contributed by atoms with Gasteiger partial charge in [0.25, 0.3) is 11.8 Å². The Hall–Kier alpha value is -5.00. The second kappa shape index (κ2) is 13.4. The van der Waals surface area contributed by atoms with Gasteiger partial charge in [0, 0.05) is 25.2 Å². The third-order valence-corrected chi connectivity index (χ3v) is 6.54. The number of hydroxylamine groups is 2. The smallest absolute Gasteiger partial charge is 0.407 e. The van der Waals surface area contributed by atoms with E-state index in [0.717, 1.165) is 22.3 Å². The topological polar surface area (TPSA) is 157 Å². The van der Waals surface area contributed by atoms with Gasteiger partial charge in [-0.2, -0.15) is 0 Å².